The fourth-order valence-electron chi connectivity index (χ4n) is 2.21. The van der Waals surface area contributed by atoms with Crippen molar-refractivity contribution in [2.75, 3.05) is 11.9 Å². The maximum Gasteiger partial charge on any atom is 0.262 e. The maximum absolute atomic E-state index is 11.8. The molecule has 1 heterocycles. The zero-order valence-electron chi connectivity index (χ0n) is 13.9. The van der Waals surface area contributed by atoms with E-state index in [0.29, 0.717) is 12.4 Å². The summed E-state index contributed by atoms with van der Waals surface area (Å²) in [6.45, 7) is 0.401. The van der Waals surface area contributed by atoms with E-state index in [9.17, 15) is 4.79 Å². The maximum atomic E-state index is 11.8. The lowest BCUT2D eigenvalue weighted by molar-refractivity contribution is -0.118. The summed E-state index contributed by atoms with van der Waals surface area (Å²) in [5.74, 6) is 1.13. The number of para-hydroxylation sites is 1. The van der Waals surface area contributed by atoms with Crippen LogP contribution in [0.25, 0.3) is 0 Å². The molecule has 0 bridgehead atoms. The molecule has 0 unspecified atom stereocenters. The zero-order valence-corrected chi connectivity index (χ0v) is 13.9. The molecule has 0 aliphatic heterocycles. The van der Waals surface area contributed by atoms with Crippen LogP contribution in [0.3, 0.4) is 0 Å². The molecule has 1 amide bonds. The number of anilines is 1. The predicted octanol–water partition coefficient (Wildman–Crippen LogP) is 3.02. The average Bonchev–Trinajstić information content (AvgIpc) is 3.05. The summed E-state index contributed by atoms with van der Waals surface area (Å²) in [7, 11) is 1.86. The number of aryl methyl sites for hydroxylation is 1. The highest BCUT2D eigenvalue weighted by Gasteiger charge is 2.04. The van der Waals surface area contributed by atoms with E-state index in [1.807, 2.05) is 43.6 Å². The van der Waals surface area contributed by atoms with Crippen LogP contribution >= 0.6 is 0 Å². The SMILES string of the molecule is Cn1cc(COc2ccc(OCC(=O)Nc3ccccc3)cc2)cn1. The molecule has 6 nitrogen and oxygen atoms in total. The Hall–Kier alpha value is -3.28. The highest BCUT2D eigenvalue weighted by atomic mass is 16.5. The van der Waals surface area contributed by atoms with Crippen LogP contribution in [0.5, 0.6) is 11.5 Å². The molecule has 0 atom stereocenters. The molecule has 1 N–H and O–H groups in total. The van der Waals surface area contributed by atoms with Gasteiger partial charge in [-0.2, -0.15) is 5.10 Å². The third-order valence-corrected chi connectivity index (χ3v) is 3.42. The monoisotopic (exact) mass is 337 g/mol. The summed E-state index contributed by atoms with van der Waals surface area (Å²) in [5.41, 5.74) is 1.75. The molecule has 0 aliphatic rings. The summed E-state index contributed by atoms with van der Waals surface area (Å²) in [4.78, 5) is 11.8. The van der Waals surface area contributed by atoms with Gasteiger partial charge in [-0.25, -0.2) is 0 Å². The number of hydrogen-bond acceptors (Lipinski definition) is 4. The average molecular weight is 337 g/mol. The normalized spacial score (nSPS) is 10.3. The van der Waals surface area contributed by atoms with Gasteiger partial charge in [0.25, 0.3) is 5.91 Å². The van der Waals surface area contributed by atoms with Gasteiger partial charge in [-0.15, -0.1) is 0 Å². The molecule has 3 rings (SSSR count). The molecule has 0 saturated heterocycles. The molecule has 0 saturated carbocycles. The molecule has 1 aromatic heterocycles. The van der Waals surface area contributed by atoms with E-state index < -0.39 is 0 Å². The minimum Gasteiger partial charge on any atom is -0.489 e. The lowest BCUT2D eigenvalue weighted by atomic mass is 10.3. The first kappa shape index (κ1) is 16.6. The van der Waals surface area contributed by atoms with Gasteiger partial charge in [-0.3, -0.25) is 9.48 Å². The second kappa shape index (κ2) is 8.01. The highest BCUT2D eigenvalue weighted by molar-refractivity contribution is 5.91. The van der Waals surface area contributed by atoms with Gasteiger partial charge in [0.1, 0.15) is 18.1 Å². The van der Waals surface area contributed by atoms with Crippen LogP contribution in [-0.2, 0) is 18.4 Å². The van der Waals surface area contributed by atoms with Crippen LogP contribution in [0, 0.1) is 0 Å². The minimum absolute atomic E-state index is 0.0508. The second-order valence-electron chi connectivity index (χ2n) is 5.49. The zero-order chi connectivity index (χ0) is 17.5. The predicted molar refractivity (Wildman–Crippen MR) is 94.5 cm³/mol. The molecule has 25 heavy (non-hydrogen) atoms. The number of aromatic nitrogens is 2. The van der Waals surface area contributed by atoms with Crippen molar-refractivity contribution in [3.8, 4) is 11.5 Å². The Morgan fingerprint density at radius 1 is 1.04 bits per heavy atom. The largest absolute Gasteiger partial charge is 0.489 e. The number of amides is 1. The van der Waals surface area contributed by atoms with Crippen LogP contribution < -0.4 is 14.8 Å². The Bertz CT molecular complexity index is 813. The molecule has 0 fully saturated rings. The van der Waals surface area contributed by atoms with E-state index in [1.54, 1.807) is 35.1 Å². The van der Waals surface area contributed by atoms with E-state index in [2.05, 4.69) is 10.4 Å². The summed E-state index contributed by atoms with van der Waals surface area (Å²) in [5, 5.41) is 6.86. The third kappa shape index (κ3) is 5.10. The van der Waals surface area contributed by atoms with E-state index >= 15 is 0 Å². The van der Waals surface area contributed by atoms with Crippen molar-refractivity contribution in [2.24, 2.45) is 7.05 Å². The van der Waals surface area contributed by atoms with Gasteiger partial charge in [0.2, 0.25) is 0 Å². The number of hydrogen-bond donors (Lipinski definition) is 1. The first-order valence-electron chi connectivity index (χ1n) is 7.87. The number of ether oxygens (including phenoxy) is 2. The Morgan fingerprint density at radius 2 is 1.72 bits per heavy atom. The van der Waals surface area contributed by atoms with Gasteiger partial charge in [0, 0.05) is 24.5 Å². The van der Waals surface area contributed by atoms with Crippen LogP contribution in [0.1, 0.15) is 5.56 Å². The molecular formula is C19H19N3O3. The first-order valence-corrected chi connectivity index (χ1v) is 7.87. The van der Waals surface area contributed by atoms with Crippen LogP contribution in [0.15, 0.2) is 67.0 Å². The Labute approximate surface area is 146 Å². The van der Waals surface area contributed by atoms with Crippen molar-refractivity contribution in [2.45, 2.75) is 6.61 Å². The van der Waals surface area contributed by atoms with Crippen LogP contribution in [0.2, 0.25) is 0 Å². The van der Waals surface area contributed by atoms with Crippen molar-refractivity contribution in [3.63, 3.8) is 0 Å². The Kier molecular flexibility index (Phi) is 5.31. The van der Waals surface area contributed by atoms with Gasteiger partial charge in [-0.1, -0.05) is 18.2 Å². The van der Waals surface area contributed by atoms with E-state index in [0.717, 1.165) is 17.0 Å². The summed E-state index contributed by atoms with van der Waals surface area (Å²) in [6, 6.07) is 16.4. The molecule has 128 valence electrons. The fraction of sp³-hybridized carbons (Fsp3) is 0.158. The Balaban J connectivity index is 1.45. The molecule has 2 aromatic carbocycles. The second-order valence-corrected chi connectivity index (χ2v) is 5.49. The van der Waals surface area contributed by atoms with Gasteiger partial charge >= 0.3 is 0 Å². The summed E-state index contributed by atoms with van der Waals surface area (Å²) < 4.78 is 12.9. The lowest BCUT2D eigenvalue weighted by Crippen LogP contribution is -2.20. The molecule has 3 aromatic rings. The molecule has 0 spiro atoms. The van der Waals surface area contributed by atoms with Gasteiger partial charge in [-0.05, 0) is 36.4 Å². The van der Waals surface area contributed by atoms with Gasteiger partial charge in [0.05, 0.1) is 6.20 Å². The van der Waals surface area contributed by atoms with E-state index in [4.69, 9.17) is 9.47 Å². The van der Waals surface area contributed by atoms with Gasteiger partial charge in [0.15, 0.2) is 6.61 Å². The van der Waals surface area contributed by atoms with Crippen molar-refractivity contribution >= 4 is 11.6 Å². The minimum atomic E-state index is -0.205. The Morgan fingerprint density at radius 3 is 2.36 bits per heavy atom. The van der Waals surface area contributed by atoms with E-state index in [1.165, 1.54) is 0 Å². The first-order chi connectivity index (χ1) is 12.2. The number of rotatable bonds is 7. The third-order valence-electron chi connectivity index (χ3n) is 3.42. The summed E-state index contributed by atoms with van der Waals surface area (Å²) in [6.07, 6.45) is 3.67. The van der Waals surface area contributed by atoms with Crippen molar-refractivity contribution in [1.29, 1.82) is 0 Å². The fourth-order valence-corrected chi connectivity index (χ4v) is 2.21. The molecule has 6 heteroatoms. The number of nitrogens with one attached hydrogen (secondary N) is 1. The number of nitrogens with zero attached hydrogens (tertiary/aromatic N) is 2. The smallest absolute Gasteiger partial charge is 0.262 e. The standard InChI is InChI=1S/C19H19N3O3/c1-22-12-15(11-20-22)13-24-17-7-9-18(10-8-17)25-14-19(23)21-16-5-3-2-4-6-16/h2-12H,13-14H2,1H3,(H,21,23). The van der Waals surface area contributed by atoms with Crippen molar-refractivity contribution in [1.82, 2.24) is 9.78 Å². The topological polar surface area (TPSA) is 65.4 Å². The quantitative estimate of drug-likeness (QED) is 0.720. The summed E-state index contributed by atoms with van der Waals surface area (Å²) >= 11 is 0. The number of carbonyl (C=O) groups excluding carboxylic acids is 1. The number of carbonyl (C=O) groups is 1. The highest BCUT2D eigenvalue weighted by Crippen LogP contribution is 2.18. The van der Waals surface area contributed by atoms with Crippen molar-refractivity contribution < 1.29 is 14.3 Å². The van der Waals surface area contributed by atoms with Crippen LogP contribution in [-0.4, -0.2) is 22.3 Å². The molecule has 0 aliphatic carbocycles. The van der Waals surface area contributed by atoms with Crippen LogP contribution in [0.4, 0.5) is 5.69 Å². The van der Waals surface area contributed by atoms with Gasteiger partial charge < -0.3 is 14.8 Å². The number of benzene rings is 2. The van der Waals surface area contributed by atoms with E-state index in [-0.39, 0.29) is 12.5 Å². The van der Waals surface area contributed by atoms with Crippen molar-refractivity contribution in [3.05, 3.63) is 72.6 Å². The molecule has 0 radical (unpaired) electrons. The lowest BCUT2D eigenvalue weighted by Gasteiger charge is -2.09. The molecular weight excluding hydrogens is 318 g/mol.